The van der Waals surface area contributed by atoms with E-state index in [-0.39, 0.29) is 0 Å². The lowest BCUT2D eigenvalue weighted by molar-refractivity contribution is 1.16. The van der Waals surface area contributed by atoms with Crippen LogP contribution in [-0.4, -0.2) is 12.0 Å². The third kappa shape index (κ3) is 2.36. The van der Waals surface area contributed by atoms with E-state index in [4.69, 9.17) is 11.6 Å². The molecular formula is C12H13ClN2S. The Morgan fingerprint density at radius 2 is 1.81 bits per heavy atom. The van der Waals surface area contributed by atoms with Crippen molar-refractivity contribution in [3.8, 4) is 0 Å². The highest BCUT2D eigenvalue weighted by atomic mass is 35.5. The van der Waals surface area contributed by atoms with Crippen LogP contribution >= 0.6 is 22.9 Å². The van der Waals surface area contributed by atoms with Gasteiger partial charge in [-0.25, -0.2) is 4.98 Å². The van der Waals surface area contributed by atoms with Crippen molar-refractivity contribution < 1.29 is 0 Å². The Balaban J connectivity index is 2.37. The van der Waals surface area contributed by atoms with Gasteiger partial charge in [0.05, 0.1) is 0 Å². The molecule has 0 unspecified atom stereocenters. The molecule has 2 aromatic rings. The molecule has 0 aliphatic carbocycles. The minimum Gasteiger partial charge on any atom is -0.321 e. The Morgan fingerprint density at radius 3 is 2.31 bits per heavy atom. The van der Waals surface area contributed by atoms with E-state index in [0.29, 0.717) is 5.15 Å². The fourth-order valence-corrected chi connectivity index (χ4v) is 2.59. The van der Waals surface area contributed by atoms with Crippen LogP contribution in [0.4, 0.5) is 10.8 Å². The SMILES string of the molecule is Cc1cc(C)cc(N(C)c2nc(Cl)cs2)c1. The number of halogens is 1. The van der Waals surface area contributed by atoms with Crippen molar-refractivity contribution in [1.29, 1.82) is 0 Å². The van der Waals surface area contributed by atoms with E-state index in [2.05, 4.69) is 41.9 Å². The first-order valence-corrected chi connectivity index (χ1v) is 6.25. The van der Waals surface area contributed by atoms with Crippen molar-refractivity contribution >= 4 is 33.8 Å². The zero-order valence-electron chi connectivity index (χ0n) is 9.49. The molecule has 0 bridgehead atoms. The lowest BCUT2D eigenvalue weighted by Crippen LogP contribution is -2.09. The number of nitrogens with zero attached hydrogens (tertiary/aromatic N) is 2. The number of benzene rings is 1. The molecule has 0 aliphatic heterocycles. The van der Waals surface area contributed by atoms with Gasteiger partial charge in [0.25, 0.3) is 0 Å². The van der Waals surface area contributed by atoms with Gasteiger partial charge in [-0.2, -0.15) is 0 Å². The summed E-state index contributed by atoms with van der Waals surface area (Å²) < 4.78 is 0. The summed E-state index contributed by atoms with van der Waals surface area (Å²) in [6, 6.07) is 6.44. The van der Waals surface area contributed by atoms with Crippen LogP contribution in [-0.2, 0) is 0 Å². The first-order chi connectivity index (χ1) is 7.56. The van der Waals surface area contributed by atoms with Gasteiger partial charge in [0.15, 0.2) is 5.13 Å². The van der Waals surface area contributed by atoms with Crippen LogP contribution in [0.15, 0.2) is 23.6 Å². The Morgan fingerprint density at radius 1 is 1.19 bits per heavy atom. The Bertz CT molecular complexity index is 487. The van der Waals surface area contributed by atoms with Crippen molar-refractivity contribution in [3.05, 3.63) is 39.9 Å². The van der Waals surface area contributed by atoms with Crippen LogP contribution in [0.1, 0.15) is 11.1 Å². The molecule has 0 N–H and O–H groups in total. The third-order valence-electron chi connectivity index (χ3n) is 2.34. The number of hydrogen-bond donors (Lipinski definition) is 0. The summed E-state index contributed by atoms with van der Waals surface area (Å²) in [4.78, 5) is 6.31. The number of hydrogen-bond acceptors (Lipinski definition) is 3. The second-order valence-electron chi connectivity index (χ2n) is 3.86. The van der Waals surface area contributed by atoms with Gasteiger partial charge in [-0.15, -0.1) is 11.3 Å². The molecule has 1 heterocycles. The van der Waals surface area contributed by atoms with Gasteiger partial charge in [0.1, 0.15) is 5.15 Å². The molecule has 1 aromatic heterocycles. The maximum atomic E-state index is 5.83. The Kier molecular flexibility index (Phi) is 3.17. The number of aromatic nitrogens is 1. The summed E-state index contributed by atoms with van der Waals surface area (Å²) in [5.41, 5.74) is 3.65. The first-order valence-electron chi connectivity index (χ1n) is 4.99. The molecule has 0 atom stereocenters. The van der Waals surface area contributed by atoms with Gasteiger partial charge >= 0.3 is 0 Å². The summed E-state index contributed by atoms with van der Waals surface area (Å²) in [5, 5.41) is 3.31. The van der Waals surface area contributed by atoms with Crippen molar-refractivity contribution in [2.45, 2.75) is 13.8 Å². The highest BCUT2D eigenvalue weighted by Gasteiger charge is 2.08. The van der Waals surface area contributed by atoms with Crippen molar-refractivity contribution in [1.82, 2.24) is 4.98 Å². The van der Waals surface area contributed by atoms with Crippen molar-refractivity contribution in [2.75, 3.05) is 11.9 Å². The van der Waals surface area contributed by atoms with Gasteiger partial charge < -0.3 is 4.90 Å². The summed E-state index contributed by atoms with van der Waals surface area (Å²) in [5.74, 6) is 0. The molecule has 16 heavy (non-hydrogen) atoms. The molecule has 0 amide bonds. The van der Waals surface area contributed by atoms with Crippen LogP contribution < -0.4 is 4.90 Å². The van der Waals surface area contributed by atoms with Gasteiger partial charge in [-0.05, 0) is 37.1 Å². The highest BCUT2D eigenvalue weighted by Crippen LogP contribution is 2.29. The predicted molar refractivity (Wildman–Crippen MR) is 71.1 cm³/mol. The molecular weight excluding hydrogens is 240 g/mol. The Labute approximate surface area is 105 Å². The number of anilines is 2. The molecule has 2 nitrogen and oxygen atoms in total. The molecule has 84 valence electrons. The van der Waals surface area contributed by atoms with E-state index in [0.717, 1.165) is 10.8 Å². The smallest absolute Gasteiger partial charge is 0.191 e. The summed E-state index contributed by atoms with van der Waals surface area (Å²) >= 11 is 7.37. The third-order valence-corrected chi connectivity index (χ3v) is 3.58. The minimum atomic E-state index is 0.552. The average Bonchev–Trinajstić information content (AvgIpc) is 2.62. The van der Waals surface area contributed by atoms with Crippen LogP contribution in [0.5, 0.6) is 0 Å². The van der Waals surface area contributed by atoms with E-state index >= 15 is 0 Å². The van der Waals surface area contributed by atoms with Gasteiger partial charge in [0.2, 0.25) is 0 Å². The van der Waals surface area contributed by atoms with E-state index in [9.17, 15) is 0 Å². The molecule has 0 fully saturated rings. The van der Waals surface area contributed by atoms with Crippen LogP contribution in [0.2, 0.25) is 5.15 Å². The molecule has 4 heteroatoms. The molecule has 2 rings (SSSR count). The first kappa shape index (κ1) is 11.4. The molecule has 0 aliphatic rings. The predicted octanol–water partition coefficient (Wildman–Crippen LogP) is 4.18. The number of rotatable bonds is 2. The lowest BCUT2D eigenvalue weighted by Gasteiger charge is -2.17. The second kappa shape index (κ2) is 4.44. The van der Waals surface area contributed by atoms with Gasteiger partial charge in [0, 0.05) is 18.1 Å². The number of thiazole rings is 1. The molecule has 0 saturated heterocycles. The van der Waals surface area contributed by atoms with E-state index < -0.39 is 0 Å². The monoisotopic (exact) mass is 252 g/mol. The number of aryl methyl sites for hydroxylation is 2. The van der Waals surface area contributed by atoms with E-state index in [1.807, 2.05) is 12.4 Å². The van der Waals surface area contributed by atoms with Crippen LogP contribution in [0.25, 0.3) is 0 Å². The zero-order valence-corrected chi connectivity index (χ0v) is 11.1. The van der Waals surface area contributed by atoms with Crippen LogP contribution in [0, 0.1) is 13.8 Å². The normalized spacial score (nSPS) is 10.5. The summed E-state index contributed by atoms with van der Waals surface area (Å²) in [7, 11) is 2.00. The zero-order chi connectivity index (χ0) is 11.7. The summed E-state index contributed by atoms with van der Waals surface area (Å²) in [6.45, 7) is 4.19. The highest BCUT2D eigenvalue weighted by molar-refractivity contribution is 7.14. The van der Waals surface area contributed by atoms with Gasteiger partial charge in [-0.1, -0.05) is 17.7 Å². The molecule has 0 saturated carbocycles. The van der Waals surface area contributed by atoms with E-state index in [1.165, 1.54) is 11.1 Å². The van der Waals surface area contributed by atoms with Crippen LogP contribution in [0.3, 0.4) is 0 Å². The standard InChI is InChI=1S/C12H13ClN2S/c1-8-4-9(2)6-10(5-8)15(3)12-14-11(13)7-16-12/h4-7H,1-3H3. The Hall–Kier alpha value is -1.06. The second-order valence-corrected chi connectivity index (χ2v) is 5.08. The maximum absolute atomic E-state index is 5.83. The van der Waals surface area contributed by atoms with Gasteiger partial charge in [-0.3, -0.25) is 0 Å². The summed E-state index contributed by atoms with van der Waals surface area (Å²) in [6.07, 6.45) is 0. The largest absolute Gasteiger partial charge is 0.321 e. The fraction of sp³-hybridized carbons (Fsp3) is 0.250. The average molecular weight is 253 g/mol. The molecule has 0 spiro atoms. The van der Waals surface area contributed by atoms with E-state index in [1.54, 1.807) is 11.3 Å². The van der Waals surface area contributed by atoms with Crippen molar-refractivity contribution in [3.63, 3.8) is 0 Å². The fourth-order valence-electron chi connectivity index (χ4n) is 1.65. The quantitative estimate of drug-likeness (QED) is 0.797. The minimum absolute atomic E-state index is 0.552. The maximum Gasteiger partial charge on any atom is 0.191 e. The molecule has 1 aromatic carbocycles. The molecule has 0 radical (unpaired) electrons. The topological polar surface area (TPSA) is 16.1 Å². The van der Waals surface area contributed by atoms with Crippen molar-refractivity contribution in [2.24, 2.45) is 0 Å². The lowest BCUT2D eigenvalue weighted by atomic mass is 10.1.